The molecule has 0 spiro atoms. The maximum atomic E-state index is 10.8. The van der Waals surface area contributed by atoms with Crippen LogP contribution in [0, 0.1) is 21.4 Å². The number of nitrogens with zero attached hydrogens (tertiary/aromatic N) is 2. The number of non-ortho nitro benzene ring substituents is 1. The molecule has 4 nitrogen and oxygen atoms in total. The minimum atomic E-state index is -0.544. The van der Waals surface area contributed by atoms with E-state index in [9.17, 15) is 15.4 Å². The van der Waals surface area contributed by atoms with Gasteiger partial charge in [-0.25, -0.2) is 0 Å². The number of nitriles is 1. The molecule has 0 saturated heterocycles. The summed E-state index contributed by atoms with van der Waals surface area (Å²) < 4.78 is 0. The first-order chi connectivity index (χ1) is 9.11. The van der Waals surface area contributed by atoms with Crippen molar-refractivity contribution in [1.29, 1.82) is 5.26 Å². The molecule has 0 heterocycles. The van der Waals surface area contributed by atoms with E-state index in [4.69, 9.17) is 11.6 Å². The third-order valence-electron chi connectivity index (χ3n) is 2.75. The second-order valence-corrected chi connectivity index (χ2v) is 4.40. The van der Waals surface area contributed by atoms with Crippen LogP contribution < -0.4 is 0 Å². The Morgan fingerprint density at radius 3 is 2.42 bits per heavy atom. The molecule has 1 atom stereocenters. The van der Waals surface area contributed by atoms with Crippen molar-refractivity contribution < 1.29 is 4.92 Å². The SMILES string of the molecule is N#CC(c1ccc(Cl)cc1)c1cccc([N+](=O)[O-])c1. The summed E-state index contributed by atoms with van der Waals surface area (Å²) in [6.07, 6.45) is 0. The second-order valence-electron chi connectivity index (χ2n) is 3.97. The smallest absolute Gasteiger partial charge is 0.258 e. The molecule has 19 heavy (non-hydrogen) atoms. The molecule has 0 amide bonds. The van der Waals surface area contributed by atoms with Crippen molar-refractivity contribution in [3.63, 3.8) is 0 Å². The van der Waals surface area contributed by atoms with Gasteiger partial charge < -0.3 is 0 Å². The highest BCUT2D eigenvalue weighted by molar-refractivity contribution is 6.30. The molecular weight excluding hydrogens is 264 g/mol. The molecule has 0 saturated carbocycles. The van der Waals surface area contributed by atoms with E-state index in [1.807, 2.05) is 0 Å². The molecule has 0 bridgehead atoms. The van der Waals surface area contributed by atoms with Crippen LogP contribution in [0.1, 0.15) is 17.0 Å². The Morgan fingerprint density at radius 2 is 1.84 bits per heavy atom. The fourth-order valence-corrected chi connectivity index (χ4v) is 1.94. The van der Waals surface area contributed by atoms with E-state index in [1.54, 1.807) is 36.4 Å². The van der Waals surface area contributed by atoms with Crippen molar-refractivity contribution in [2.45, 2.75) is 5.92 Å². The van der Waals surface area contributed by atoms with Crippen LogP contribution in [0.25, 0.3) is 0 Å². The second kappa shape index (κ2) is 5.51. The Kier molecular flexibility index (Phi) is 3.79. The van der Waals surface area contributed by atoms with Crippen LogP contribution in [0.4, 0.5) is 5.69 Å². The van der Waals surface area contributed by atoms with Gasteiger partial charge in [0.2, 0.25) is 0 Å². The summed E-state index contributed by atoms with van der Waals surface area (Å²) in [5.41, 5.74) is 1.33. The normalized spacial score (nSPS) is 11.6. The Labute approximate surface area is 115 Å². The third kappa shape index (κ3) is 2.90. The lowest BCUT2D eigenvalue weighted by Crippen LogP contribution is -1.99. The summed E-state index contributed by atoms with van der Waals surface area (Å²) in [6, 6.07) is 15.1. The molecule has 1 unspecified atom stereocenters. The van der Waals surface area contributed by atoms with Crippen molar-refractivity contribution in [3.05, 3.63) is 74.8 Å². The molecular formula is C14H9ClN2O2. The summed E-state index contributed by atoms with van der Waals surface area (Å²) in [7, 11) is 0. The van der Waals surface area contributed by atoms with Crippen LogP contribution in [0.2, 0.25) is 5.02 Å². The first-order valence-electron chi connectivity index (χ1n) is 5.51. The highest BCUT2D eigenvalue weighted by Crippen LogP contribution is 2.27. The van der Waals surface area contributed by atoms with E-state index < -0.39 is 10.8 Å². The number of rotatable bonds is 3. The van der Waals surface area contributed by atoms with E-state index in [0.717, 1.165) is 5.56 Å². The monoisotopic (exact) mass is 272 g/mol. The van der Waals surface area contributed by atoms with Gasteiger partial charge in [0.05, 0.1) is 16.9 Å². The van der Waals surface area contributed by atoms with Crippen molar-refractivity contribution in [2.75, 3.05) is 0 Å². The van der Waals surface area contributed by atoms with Gasteiger partial charge in [0.25, 0.3) is 5.69 Å². The fraction of sp³-hybridized carbons (Fsp3) is 0.0714. The van der Waals surface area contributed by atoms with Gasteiger partial charge in [-0.05, 0) is 23.3 Å². The largest absolute Gasteiger partial charge is 0.269 e. The lowest BCUT2D eigenvalue weighted by atomic mass is 9.92. The van der Waals surface area contributed by atoms with E-state index >= 15 is 0 Å². The predicted octanol–water partition coefficient (Wildman–Crippen LogP) is 3.90. The van der Waals surface area contributed by atoms with Gasteiger partial charge in [0, 0.05) is 17.2 Å². The van der Waals surface area contributed by atoms with Crippen LogP contribution in [-0.4, -0.2) is 4.92 Å². The zero-order valence-electron chi connectivity index (χ0n) is 9.79. The highest BCUT2D eigenvalue weighted by atomic mass is 35.5. The quantitative estimate of drug-likeness (QED) is 0.628. The molecule has 0 aliphatic heterocycles. The maximum Gasteiger partial charge on any atom is 0.269 e. The van der Waals surface area contributed by atoms with Crippen LogP contribution in [-0.2, 0) is 0 Å². The van der Waals surface area contributed by atoms with Gasteiger partial charge in [-0.1, -0.05) is 35.9 Å². The summed E-state index contributed by atoms with van der Waals surface area (Å²) in [4.78, 5) is 10.3. The summed E-state index contributed by atoms with van der Waals surface area (Å²) in [6.45, 7) is 0. The molecule has 0 fully saturated rings. The molecule has 0 radical (unpaired) electrons. The molecule has 0 aromatic heterocycles. The minimum Gasteiger partial charge on any atom is -0.258 e. The summed E-state index contributed by atoms with van der Waals surface area (Å²) >= 11 is 5.80. The Morgan fingerprint density at radius 1 is 1.16 bits per heavy atom. The van der Waals surface area contributed by atoms with E-state index in [0.29, 0.717) is 10.6 Å². The highest BCUT2D eigenvalue weighted by Gasteiger charge is 2.16. The first-order valence-corrected chi connectivity index (χ1v) is 5.89. The molecule has 2 aromatic rings. The average molecular weight is 273 g/mol. The average Bonchev–Trinajstić information content (AvgIpc) is 2.42. The standard InChI is InChI=1S/C14H9ClN2O2/c15-12-6-4-10(5-7-12)14(9-16)11-2-1-3-13(8-11)17(18)19/h1-8,14H. The molecule has 0 aliphatic carbocycles. The van der Waals surface area contributed by atoms with Crippen molar-refractivity contribution >= 4 is 17.3 Å². The molecule has 94 valence electrons. The van der Waals surface area contributed by atoms with E-state index in [2.05, 4.69) is 6.07 Å². The van der Waals surface area contributed by atoms with Crippen LogP contribution in [0.3, 0.4) is 0 Å². The molecule has 0 aliphatic rings. The number of halogens is 1. The molecule has 2 rings (SSSR count). The van der Waals surface area contributed by atoms with E-state index in [1.165, 1.54) is 12.1 Å². The first kappa shape index (κ1) is 13.1. The zero-order chi connectivity index (χ0) is 13.8. The van der Waals surface area contributed by atoms with Gasteiger partial charge in [-0.15, -0.1) is 0 Å². The number of hydrogen-bond acceptors (Lipinski definition) is 3. The van der Waals surface area contributed by atoms with E-state index in [-0.39, 0.29) is 5.69 Å². The van der Waals surface area contributed by atoms with Gasteiger partial charge in [0.1, 0.15) is 0 Å². The number of hydrogen-bond donors (Lipinski definition) is 0. The number of nitro groups is 1. The van der Waals surface area contributed by atoms with Gasteiger partial charge in [-0.2, -0.15) is 5.26 Å². The van der Waals surface area contributed by atoms with Gasteiger partial charge >= 0.3 is 0 Å². The van der Waals surface area contributed by atoms with Crippen LogP contribution in [0.15, 0.2) is 48.5 Å². The van der Waals surface area contributed by atoms with Gasteiger partial charge in [-0.3, -0.25) is 10.1 Å². The Bertz CT molecular complexity index is 647. The van der Waals surface area contributed by atoms with Crippen molar-refractivity contribution in [1.82, 2.24) is 0 Å². The summed E-state index contributed by atoms with van der Waals surface area (Å²) in [5.74, 6) is -0.544. The zero-order valence-corrected chi connectivity index (χ0v) is 10.5. The third-order valence-corrected chi connectivity index (χ3v) is 3.00. The predicted molar refractivity (Wildman–Crippen MR) is 72.0 cm³/mol. The van der Waals surface area contributed by atoms with Crippen LogP contribution in [0.5, 0.6) is 0 Å². The number of nitro benzene ring substituents is 1. The van der Waals surface area contributed by atoms with Gasteiger partial charge in [0.15, 0.2) is 0 Å². The molecule has 0 N–H and O–H groups in total. The lowest BCUT2D eigenvalue weighted by Gasteiger charge is -2.09. The minimum absolute atomic E-state index is 0.0216. The molecule has 5 heteroatoms. The maximum absolute atomic E-state index is 10.8. The summed E-state index contributed by atoms with van der Waals surface area (Å²) in [5, 5.41) is 20.6. The van der Waals surface area contributed by atoms with Crippen molar-refractivity contribution in [2.24, 2.45) is 0 Å². The molecule has 2 aromatic carbocycles. The Hall–Kier alpha value is -2.38. The van der Waals surface area contributed by atoms with Crippen molar-refractivity contribution in [3.8, 4) is 6.07 Å². The topological polar surface area (TPSA) is 66.9 Å². The number of benzene rings is 2. The fourth-order valence-electron chi connectivity index (χ4n) is 1.81. The lowest BCUT2D eigenvalue weighted by molar-refractivity contribution is -0.384. The Balaban J connectivity index is 2.43. The van der Waals surface area contributed by atoms with Crippen LogP contribution >= 0.6 is 11.6 Å².